The number of aryl methyl sites for hydroxylation is 1. The van der Waals surface area contributed by atoms with Crippen LogP contribution in [0.5, 0.6) is 0 Å². The third-order valence-corrected chi connectivity index (χ3v) is 3.35. The highest BCUT2D eigenvalue weighted by atomic mass is 16.3. The monoisotopic (exact) mass is 315 g/mol. The summed E-state index contributed by atoms with van der Waals surface area (Å²) in [5, 5.41) is 8.02. The highest BCUT2D eigenvalue weighted by molar-refractivity contribution is 5.93. The molecule has 6 nitrogen and oxygen atoms in total. The molecule has 0 aliphatic heterocycles. The van der Waals surface area contributed by atoms with Crippen LogP contribution >= 0.6 is 0 Å². The fraction of sp³-hybridized carbons (Fsp3) is 0.294. The Balaban J connectivity index is 1.80. The normalized spacial score (nSPS) is 11.6. The number of carbonyl (C=O) groups excluding carboxylic acids is 2. The third kappa shape index (κ3) is 5.18. The number of carbonyl (C=O) groups is 2. The molecule has 3 amide bonds. The van der Waals surface area contributed by atoms with E-state index in [9.17, 15) is 9.59 Å². The molecule has 1 atom stereocenters. The number of rotatable bonds is 6. The van der Waals surface area contributed by atoms with Gasteiger partial charge in [0.25, 0.3) is 0 Å². The van der Waals surface area contributed by atoms with Crippen molar-refractivity contribution in [2.24, 2.45) is 0 Å². The summed E-state index contributed by atoms with van der Waals surface area (Å²) in [7, 11) is 0. The Morgan fingerprint density at radius 2 is 2.04 bits per heavy atom. The van der Waals surface area contributed by atoms with Crippen molar-refractivity contribution in [1.29, 1.82) is 0 Å². The first-order valence-electron chi connectivity index (χ1n) is 7.55. The predicted octanol–water partition coefficient (Wildman–Crippen LogP) is 2.67. The molecule has 0 aliphatic carbocycles. The van der Waals surface area contributed by atoms with E-state index in [1.807, 2.05) is 25.1 Å². The van der Waals surface area contributed by atoms with Crippen LogP contribution in [0.1, 0.15) is 25.2 Å². The maximum absolute atomic E-state index is 11.9. The van der Waals surface area contributed by atoms with Crippen LogP contribution in [-0.2, 0) is 17.8 Å². The maximum atomic E-state index is 11.9. The zero-order valence-electron chi connectivity index (χ0n) is 13.3. The van der Waals surface area contributed by atoms with Crippen LogP contribution in [0.15, 0.2) is 47.1 Å². The van der Waals surface area contributed by atoms with Crippen LogP contribution in [0.2, 0.25) is 0 Å². The van der Waals surface area contributed by atoms with Crippen molar-refractivity contribution in [1.82, 2.24) is 10.6 Å². The molecule has 0 spiro atoms. The van der Waals surface area contributed by atoms with Gasteiger partial charge in [0.2, 0.25) is 5.91 Å². The van der Waals surface area contributed by atoms with Gasteiger partial charge in [-0.25, -0.2) is 4.79 Å². The van der Waals surface area contributed by atoms with Crippen molar-refractivity contribution in [2.75, 3.05) is 5.32 Å². The summed E-state index contributed by atoms with van der Waals surface area (Å²) in [5.74, 6) is 0.380. The van der Waals surface area contributed by atoms with Gasteiger partial charge >= 0.3 is 6.03 Å². The average molecular weight is 315 g/mol. The zero-order valence-corrected chi connectivity index (χ0v) is 13.3. The van der Waals surface area contributed by atoms with E-state index >= 15 is 0 Å². The van der Waals surface area contributed by atoms with Crippen LogP contribution in [0.3, 0.4) is 0 Å². The first-order chi connectivity index (χ1) is 11.1. The van der Waals surface area contributed by atoms with E-state index in [2.05, 4.69) is 16.0 Å². The third-order valence-electron chi connectivity index (χ3n) is 3.35. The molecule has 0 bridgehead atoms. The van der Waals surface area contributed by atoms with Gasteiger partial charge in [-0.2, -0.15) is 0 Å². The predicted molar refractivity (Wildman–Crippen MR) is 88.0 cm³/mol. The number of benzene rings is 1. The quantitative estimate of drug-likeness (QED) is 0.766. The molecule has 2 rings (SSSR count). The molecular weight excluding hydrogens is 294 g/mol. The van der Waals surface area contributed by atoms with E-state index in [1.54, 1.807) is 31.4 Å². The summed E-state index contributed by atoms with van der Waals surface area (Å²) >= 11 is 0. The lowest BCUT2D eigenvalue weighted by atomic mass is 10.1. The molecular formula is C17H21N3O3. The van der Waals surface area contributed by atoms with Gasteiger partial charge in [-0.05, 0) is 43.2 Å². The molecule has 1 heterocycles. The van der Waals surface area contributed by atoms with Gasteiger partial charge in [-0.3, -0.25) is 4.79 Å². The molecule has 1 aromatic heterocycles. The highest BCUT2D eigenvalue weighted by Crippen LogP contribution is 2.10. The van der Waals surface area contributed by atoms with Gasteiger partial charge in [0, 0.05) is 5.69 Å². The standard InChI is InChI=1S/C17H21N3O3/c1-3-13-6-4-7-14(10-13)20-17(22)19-12(2)16(21)18-11-15-8-5-9-23-15/h4-10,12H,3,11H2,1-2H3,(H,18,21)(H2,19,20,22)/t12-/m1/s1. The Labute approximate surface area is 135 Å². The Morgan fingerprint density at radius 1 is 1.22 bits per heavy atom. The lowest BCUT2D eigenvalue weighted by Crippen LogP contribution is -2.46. The number of hydrogen-bond acceptors (Lipinski definition) is 3. The lowest BCUT2D eigenvalue weighted by Gasteiger charge is -2.14. The molecule has 3 N–H and O–H groups in total. The van der Waals surface area contributed by atoms with Crippen molar-refractivity contribution >= 4 is 17.6 Å². The van der Waals surface area contributed by atoms with Crippen molar-refractivity contribution in [3.05, 3.63) is 54.0 Å². The van der Waals surface area contributed by atoms with Gasteiger partial charge in [0.1, 0.15) is 11.8 Å². The van der Waals surface area contributed by atoms with E-state index in [0.29, 0.717) is 11.4 Å². The smallest absolute Gasteiger partial charge is 0.319 e. The number of furan rings is 1. The number of urea groups is 1. The molecule has 122 valence electrons. The van der Waals surface area contributed by atoms with E-state index in [-0.39, 0.29) is 12.5 Å². The number of hydrogen-bond donors (Lipinski definition) is 3. The molecule has 0 aliphatic rings. The van der Waals surface area contributed by atoms with Crippen molar-refractivity contribution in [2.45, 2.75) is 32.9 Å². The van der Waals surface area contributed by atoms with Crippen LogP contribution < -0.4 is 16.0 Å². The summed E-state index contributed by atoms with van der Waals surface area (Å²) in [6.07, 6.45) is 2.43. The Kier molecular flexibility index (Phi) is 5.80. The van der Waals surface area contributed by atoms with Gasteiger partial charge in [-0.1, -0.05) is 19.1 Å². The second-order valence-corrected chi connectivity index (χ2v) is 5.17. The Bertz CT molecular complexity index is 653. The summed E-state index contributed by atoms with van der Waals surface area (Å²) in [6, 6.07) is 10.0. The molecule has 0 unspecified atom stereocenters. The second-order valence-electron chi connectivity index (χ2n) is 5.17. The molecule has 0 fully saturated rings. The first-order valence-corrected chi connectivity index (χ1v) is 7.55. The summed E-state index contributed by atoms with van der Waals surface area (Å²) in [4.78, 5) is 23.9. The molecule has 6 heteroatoms. The van der Waals surface area contributed by atoms with E-state index < -0.39 is 12.1 Å². The topological polar surface area (TPSA) is 83.4 Å². The fourth-order valence-corrected chi connectivity index (χ4v) is 2.04. The fourth-order valence-electron chi connectivity index (χ4n) is 2.04. The van der Waals surface area contributed by atoms with Crippen molar-refractivity contribution in [3.8, 4) is 0 Å². The largest absolute Gasteiger partial charge is 0.467 e. The summed E-state index contributed by atoms with van der Waals surface area (Å²) in [5.41, 5.74) is 1.83. The minimum atomic E-state index is -0.653. The minimum Gasteiger partial charge on any atom is -0.467 e. The first kappa shape index (κ1) is 16.6. The minimum absolute atomic E-state index is 0.279. The van der Waals surface area contributed by atoms with Crippen LogP contribution in [0.4, 0.5) is 10.5 Å². The number of nitrogens with one attached hydrogen (secondary N) is 3. The average Bonchev–Trinajstić information content (AvgIpc) is 3.06. The van der Waals surface area contributed by atoms with Gasteiger partial charge < -0.3 is 20.4 Å². The van der Waals surface area contributed by atoms with Crippen LogP contribution in [0, 0.1) is 0 Å². The summed E-state index contributed by atoms with van der Waals surface area (Å²) < 4.78 is 5.13. The number of anilines is 1. The lowest BCUT2D eigenvalue weighted by molar-refractivity contribution is -0.122. The van der Waals surface area contributed by atoms with Gasteiger partial charge in [0.15, 0.2) is 0 Å². The Hall–Kier alpha value is -2.76. The molecule has 0 radical (unpaired) electrons. The van der Waals surface area contributed by atoms with Crippen molar-refractivity contribution in [3.63, 3.8) is 0 Å². The number of amides is 3. The molecule has 1 aromatic carbocycles. The van der Waals surface area contributed by atoms with E-state index in [0.717, 1.165) is 12.0 Å². The maximum Gasteiger partial charge on any atom is 0.319 e. The second kappa shape index (κ2) is 8.03. The molecule has 0 saturated carbocycles. The Morgan fingerprint density at radius 3 is 2.74 bits per heavy atom. The highest BCUT2D eigenvalue weighted by Gasteiger charge is 2.15. The summed E-state index contributed by atoms with van der Waals surface area (Å²) in [6.45, 7) is 3.96. The van der Waals surface area contributed by atoms with E-state index in [1.165, 1.54) is 0 Å². The van der Waals surface area contributed by atoms with Crippen LogP contribution in [0.25, 0.3) is 0 Å². The van der Waals surface area contributed by atoms with Gasteiger partial charge in [-0.15, -0.1) is 0 Å². The molecule has 2 aromatic rings. The molecule has 23 heavy (non-hydrogen) atoms. The van der Waals surface area contributed by atoms with E-state index in [4.69, 9.17) is 4.42 Å². The SMILES string of the molecule is CCc1cccc(NC(=O)N[C@H](C)C(=O)NCc2ccco2)c1. The van der Waals surface area contributed by atoms with Crippen LogP contribution in [-0.4, -0.2) is 18.0 Å². The van der Waals surface area contributed by atoms with Gasteiger partial charge in [0.05, 0.1) is 12.8 Å². The molecule has 0 saturated heterocycles. The van der Waals surface area contributed by atoms with Crippen molar-refractivity contribution < 1.29 is 14.0 Å². The zero-order chi connectivity index (χ0) is 16.7.